The molecule has 0 aromatic heterocycles. The lowest BCUT2D eigenvalue weighted by Crippen LogP contribution is -2.33. The van der Waals surface area contributed by atoms with Crippen LogP contribution in [0, 0.1) is 12.7 Å². The van der Waals surface area contributed by atoms with Crippen LogP contribution in [0.3, 0.4) is 0 Å². The maximum absolute atomic E-state index is 13.2. The number of carbonyl (C=O) groups excluding carboxylic acids is 1. The van der Waals surface area contributed by atoms with Gasteiger partial charge in [-0.1, -0.05) is 60.2 Å². The Labute approximate surface area is 166 Å². The number of ether oxygens (including phenoxy) is 1. The van der Waals surface area contributed by atoms with Gasteiger partial charge in [0.15, 0.2) is 6.61 Å². The molecule has 3 rings (SSSR count). The molecule has 1 N–H and O–H groups in total. The van der Waals surface area contributed by atoms with E-state index < -0.39 is 0 Å². The van der Waals surface area contributed by atoms with E-state index in [1.54, 1.807) is 0 Å². The zero-order valence-corrected chi connectivity index (χ0v) is 16.4. The Morgan fingerprint density at radius 1 is 1.04 bits per heavy atom. The number of rotatable bonds is 6. The van der Waals surface area contributed by atoms with Gasteiger partial charge in [0.05, 0.1) is 10.5 Å². The Morgan fingerprint density at radius 3 is 2.37 bits per heavy atom. The van der Waals surface area contributed by atoms with E-state index in [9.17, 15) is 9.18 Å². The van der Waals surface area contributed by atoms with Crippen LogP contribution in [-0.4, -0.2) is 12.5 Å². The number of nitrogens with one attached hydrogen (secondary N) is 1. The summed E-state index contributed by atoms with van der Waals surface area (Å²) in [6, 6.07) is 21.6. The van der Waals surface area contributed by atoms with Gasteiger partial charge in [-0.05, 0) is 52.2 Å². The number of hydrogen-bond donors (Lipinski definition) is 1. The van der Waals surface area contributed by atoms with Gasteiger partial charge in [-0.2, -0.15) is 0 Å². The van der Waals surface area contributed by atoms with E-state index >= 15 is 0 Å². The lowest BCUT2D eigenvalue weighted by Gasteiger charge is -2.20. The molecule has 0 aliphatic rings. The van der Waals surface area contributed by atoms with Gasteiger partial charge in [0.25, 0.3) is 5.91 Å². The summed E-state index contributed by atoms with van der Waals surface area (Å²) < 4.78 is 19.1. The van der Waals surface area contributed by atoms with Crippen LogP contribution in [0.1, 0.15) is 22.7 Å². The van der Waals surface area contributed by atoms with E-state index in [0.29, 0.717) is 10.2 Å². The van der Waals surface area contributed by atoms with Crippen LogP contribution in [0.25, 0.3) is 0 Å². The van der Waals surface area contributed by atoms with Crippen LogP contribution in [0.4, 0.5) is 4.39 Å². The second-order valence-electron chi connectivity index (χ2n) is 6.19. The fraction of sp³-hybridized carbons (Fsp3) is 0.136. The van der Waals surface area contributed by atoms with Crippen molar-refractivity contribution in [2.75, 3.05) is 6.61 Å². The van der Waals surface area contributed by atoms with Crippen molar-refractivity contribution in [3.05, 3.63) is 99.8 Å². The minimum atomic E-state index is -0.373. The first-order valence-electron chi connectivity index (χ1n) is 8.51. The summed E-state index contributed by atoms with van der Waals surface area (Å²) in [5, 5.41) is 3.02. The predicted molar refractivity (Wildman–Crippen MR) is 107 cm³/mol. The smallest absolute Gasteiger partial charge is 0.258 e. The highest BCUT2D eigenvalue weighted by molar-refractivity contribution is 9.10. The second kappa shape index (κ2) is 8.82. The molecule has 5 heteroatoms. The average Bonchev–Trinajstić information content (AvgIpc) is 2.67. The Morgan fingerprint density at radius 2 is 1.70 bits per heavy atom. The van der Waals surface area contributed by atoms with Gasteiger partial charge in [-0.3, -0.25) is 4.79 Å². The normalized spacial score (nSPS) is 11.7. The van der Waals surface area contributed by atoms with Gasteiger partial charge < -0.3 is 10.1 Å². The molecule has 0 radical (unpaired) electrons. The molecule has 0 fully saturated rings. The molecule has 3 aromatic rings. The number of amides is 1. The van der Waals surface area contributed by atoms with Gasteiger partial charge in [-0.25, -0.2) is 4.39 Å². The molecule has 0 bridgehead atoms. The molecule has 27 heavy (non-hydrogen) atoms. The molecule has 1 unspecified atom stereocenters. The number of aryl methyl sites for hydroxylation is 1. The Balaban J connectivity index is 1.73. The quantitative estimate of drug-likeness (QED) is 0.588. The minimum Gasteiger partial charge on any atom is -0.483 e. The minimum absolute atomic E-state index is 0.167. The lowest BCUT2D eigenvalue weighted by atomic mass is 9.98. The third-order valence-corrected chi connectivity index (χ3v) is 4.72. The van der Waals surface area contributed by atoms with Gasteiger partial charge in [0.1, 0.15) is 11.6 Å². The summed E-state index contributed by atoms with van der Waals surface area (Å²) in [6.07, 6.45) is 0. The van der Waals surface area contributed by atoms with Crippen molar-refractivity contribution in [3.63, 3.8) is 0 Å². The summed E-state index contributed by atoms with van der Waals surface area (Å²) in [5.74, 6) is -0.221. The van der Waals surface area contributed by atoms with Crippen molar-refractivity contribution in [2.45, 2.75) is 13.0 Å². The molecule has 0 aliphatic heterocycles. The van der Waals surface area contributed by atoms with Crippen LogP contribution in [0.5, 0.6) is 5.75 Å². The Hall–Kier alpha value is -2.66. The monoisotopic (exact) mass is 427 g/mol. The standard InChI is InChI=1S/C22H19BrFNO2/c1-15-7-9-17(10-8-15)22(16-5-3-2-4-6-16)25-21(26)14-27-20-12-11-18(24)13-19(20)23/h2-13,22H,14H2,1H3,(H,25,26). The largest absolute Gasteiger partial charge is 0.483 e. The molecule has 1 atom stereocenters. The van der Waals surface area contributed by atoms with Crippen molar-refractivity contribution < 1.29 is 13.9 Å². The van der Waals surface area contributed by atoms with Gasteiger partial charge >= 0.3 is 0 Å². The number of carbonyl (C=O) groups is 1. The summed E-state index contributed by atoms with van der Waals surface area (Å²) in [4.78, 5) is 12.5. The first-order chi connectivity index (χ1) is 13.0. The molecule has 3 nitrogen and oxygen atoms in total. The van der Waals surface area contributed by atoms with Gasteiger partial charge in [-0.15, -0.1) is 0 Å². The predicted octanol–water partition coefficient (Wildman–Crippen LogP) is 5.18. The van der Waals surface area contributed by atoms with Gasteiger partial charge in [0, 0.05) is 0 Å². The Bertz CT molecular complexity index is 913. The molecular formula is C22H19BrFNO2. The van der Waals surface area contributed by atoms with E-state index in [2.05, 4.69) is 21.2 Å². The van der Waals surface area contributed by atoms with Crippen LogP contribution >= 0.6 is 15.9 Å². The molecule has 0 aliphatic carbocycles. The third-order valence-electron chi connectivity index (χ3n) is 4.10. The molecular weight excluding hydrogens is 409 g/mol. The third kappa shape index (κ3) is 5.17. The molecule has 1 amide bonds. The van der Waals surface area contributed by atoms with E-state index in [1.807, 2.05) is 61.5 Å². The number of hydrogen-bond acceptors (Lipinski definition) is 2. The topological polar surface area (TPSA) is 38.3 Å². The molecule has 0 saturated heterocycles. The maximum atomic E-state index is 13.2. The highest BCUT2D eigenvalue weighted by Crippen LogP contribution is 2.26. The zero-order chi connectivity index (χ0) is 19.2. The van der Waals surface area contributed by atoms with Crippen molar-refractivity contribution >= 4 is 21.8 Å². The summed E-state index contributed by atoms with van der Waals surface area (Å²) in [5.41, 5.74) is 3.13. The summed E-state index contributed by atoms with van der Waals surface area (Å²) in [6.45, 7) is 1.85. The lowest BCUT2D eigenvalue weighted by molar-refractivity contribution is -0.123. The van der Waals surface area contributed by atoms with Crippen molar-refractivity contribution in [1.29, 1.82) is 0 Å². The fourth-order valence-corrected chi connectivity index (χ4v) is 3.17. The highest BCUT2D eigenvalue weighted by atomic mass is 79.9. The molecule has 138 valence electrons. The first kappa shape index (κ1) is 19.1. The first-order valence-corrected chi connectivity index (χ1v) is 9.31. The van der Waals surface area contributed by atoms with Crippen LogP contribution < -0.4 is 10.1 Å². The number of halogens is 2. The van der Waals surface area contributed by atoms with Crippen LogP contribution in [0.2, 0.25) is 0 Å². The van der Waals surface area contributed by atoms with Crippen molar-refractivity contribution in [2.24, 2.45) is 0 Å². The summed E-state index contributed by atoms with van der Waals surface area (Å²) in [7, 11) is 0. The summed E-state index contributed by atoms with van der Waals surface area (Å²) >= 11 is 3.23. The van der Waals surface area contributed by atoms with Crippen molar-refractivity contribution in [1.82, 2.24) is 5.32 Å². The average molecular weight is 428 g/mol. The van der Waals surface area contributed by atoms with Crippen LogP contribution in [-0.2, 0) is 4.79 Å². The second-order valence-corrected chi connectivity index (χ2v) is 7.04. The highest BCUT2D eigenvalue weighted by Gasteiger charge is 2.17. The zero-order valence-electron chi connectivity index (χ0n) is 14.8. The SMILES string of the molecule is Cc1ccc(C(NC(=O)COc2ccc(F)cc2Br)c2ccccc2)cc1. The van der Waals surface area contributed by atoms with E-state index in [4.69, 9.17) is 4.74 Å². The molecule has 3 aromatic carbocycles. The molecule has 0 spiro atoms. The van der Waals surface area contributed by atoms with Crippen molar-refractivity contribution in [3.8, 4) is 5.75 Å². The van der Waals surface area contributed by atoms with E-state index in [1.165, 1.54) is 18.2 Å². The Kier molecular flexibility index (Phi) is 6.24. The fourth-order valence-electron chi connectivity index (χ4n) is 2.70. The van der Waals surface area contributed by atoms with E-state index in [-0.39, 0.29) is 24.4 Å². The number of benzene rings is 3. The molecule has 0 saturated carbocycles. The molecule has 0 heterocycles. The maximum Gasteiger partial charge on any atom is 0.258 e. The van der Waals surface area contributed by atoms with E-state index in [0.717, 1.165) is 16.7 Å². The van der Waals surface area contributed by atoms with Crippen LogP contribution in [0.15, 0.2) is 77.3 Å². The van der Waals surface area contributed by atoms with Gasteiger partial charge in [0.2, 0.25) is 0 Å².